The van der Waals surface area contributed by atoms with Crippen molar-refractivity contribution in [3.8, 4) is 0 Å². The fraction of sp³-hybridized carbons (Fsp3) is 0.429. The van der Waals surface area contributed by atoms with Crippen LogP contribution in [0.25, 0.3) is 0 Å². The summed E-state index contributed by atoms with van der Waals surface area (Å²) in [6.45, 7) is 4.75. The van der Waals surface area contributed by atoms with Crippen molar-refractivity contribution >= 4 is 33.9 Å². The molecule has 2 aromatic heterocycles. The number of nitrogens with zero attached hydrogens (tertiary/aromatic N) is 6. The maximum atomic E-state index is 12.0. The number of aromatic nitrogens is 3. The van der Waals surface area contributed by atoms with Crippen molar-refractivity contribution < 1.29 is 9.72 Å². The van der Waals surface area contributed by atoms with Crippen LogP contribution in [0, 0.1) is 17.0 Å². The Morgan fingerprint density at radius 1 is 1.36 bits per heavy atom. The van der Waals surface area contributed by atoms with Crippen LogP contribution in [0.1, 0.15) is 5.69 Å². The molecule has 1 aliphatic heterocycles. The lowest BCUT2D eigenvalue weighted by Crippen LogP contribution is -2.49. The summed E-state index contributed by atoms with van der Waals surface area (Å²) in [4.78, 5) is 30.8. The number of piperazine rings is 1. The van der Waals surface area contributed by atoms with Gasteiger partial charge in [0.1, 0.15) is 17.0 Å². The minimum atomic E-state index is -0.430. The van der Waals surface area contributed by atoms with E-state index in [4.69, 9.17) is 0 Å². The molecule has 0 aliphatic carbocycles. The summed E-state index contributed by atoms with van der Waals surface area (Å²) >= 11 is 1.28. The number of carbonyl (C=O) groups excluding carboxylic acids is 1. The van der Waals surface area contributed by atoms with Gasteiger partial charge < -0.3 is 4.90 Å². The zero-order chi connectivity index (χ0) is 17.8. The van der Waals surface area contributed by atoms with Gasteiger partial charge in [-0.1, -0.05) is 11.3 Å². The van der Waals surface area contributed by atoms with Crippen molar-refractivity contribution in [2.24, 2.45) is 0 Å². The predicted molar refractivity (Wildman–Crippen MR) is 92.8 cm³/mol. The highest BCUT2D eigenvalue weighted by molar-refractivity contribution is 7.13. The Morgan fingerprint density at radius 3 is 2.72 bits per heavy atom. The van der Waals surface area contributed by atoms with E-state index in [1.54, 1.807) is 18.5 Å². The maximum Gasteiger partial charge on any atom is 0.290 e. The molecule has 3 rings (SSSR count). The number of aryl methyl sites for hydroxylation is 1. The van der Waals surface area contributed by atoms with E-state index in [-0.39, 0.29) is 11.6 Å². The highest BCUT2D eigenvalue weighted by Crippen LogP contribution is 2.21. The first-order chi connectivity index (χ1) is 12.0. The summed E-state index contributed by atoms with van der Waals surface area (Å²) in [5, 5.41) is 21.5. The van der Waals surface area contributed by atoms with E-state index in [1.807, 2.05) is 4.90 Å². The van der Waals surface area contributed by atoms with Gasteiger partial charge in [0.05, 0.1) is 11.5 Å². The number of nitrogens with one attached hydrogen (secondary N) is 1. The van der Waals surface area contributed by atoms with Gasteiger partial charge in [-0.25, -0.2) is 4.98 Å². The summed E-state index contributed by atoms with van der Waals surface area (Å²) < 4.78 is 0. The van der Waals surface area contributed by atoms with Crippen molar-refractivity contribution in [3.05, 3.63) is 33.5 Å². The highest BCUT2D eigenvalue weighted by Gasteiger charge is 2.21. The average molecular weight is 363 g/mol. The molecule has 0 aromatic carbocycles. The molecule has 0 radical (unpaired) electrons. The van der Waals surface area contributed by atoms with Gasteiger partial charge in [0.15, 0.2) is 0 Å². The van der Waals surface area contributed by atoms with Crippen LogP contribution in [0.2, 0.25) is 0 Å². The normalized spacial score (nSPS) is 15.2. The summed E-state index contributed by atoms with van der Waals surface area (Å²) in [5.74, 6) is 0.607. The molecule has 3 heterocycles. The summed E-state index contributed by atoms with van der Waals surface area (Å²) in [6, 6.07) is 3.16. The number of hydrogen-bond acceptors (Lipinski definition) is 9. The van der Waals surface area contributed by atoms with E-state index in [9.17, 15) is 14.9 Å². The lowest BCUT2D eigenvalue weighted by Gasteiger charge is -2.35. The van der Waals surface area contributed by atoms with Gasteiger partial charge in [-0.15, -0.1) is 10.2 Å². The Hall–Kier alpha value is -2.66. The number of carbonyl (C=O) groups is 1. The van der Waals surface area contributed by atoms with Crippen LogP contribution < -0.4 is 10.2 Å². The Morgan fingerprint density at radius 2 is 2.12 bits per heavy atom. The van der Waals surface area contributed by atoms with Crippen molar-refractivity contribution in [2.45, 2.75) is 6.92 Å². The van der Waals surface area contributed by atoms with E-state index >= 15 is 0 Å². The number of hydrogen-bond donors (Lipinski definition) is 1. The zero-order valence-corrected chi connectivity index (χ0v) is 14.4. The fourth-order valence-electron chi connectivity index (χ4n) is 2.63. The second-order valence-corrected chi connectivity index (χ2v) is 6.42. The van der Waals surface area contributed by atoms with E-state index in [2.05, 4.69) is 25.4 Å². The van der Waals surface area contributed by atoms with Gasteiger partial charge in [-0.2, -0.15) is 0 Å². The number of nitro groups is 1. The molecule has 1 N–H and O–H groups in total. The molecule has 0 saturated carbocycles. The van der Waals surface area contributed by atoms with Crippen LogP contribution in [0.3, 0.4) is 0 Å². The number of anilines is 2. The quantitative estimate of drug-likeness (QED) is 0.615. The molecule has 0 bridgehead atoms. The second-order valence-electron chi connectivity index (χ2n) is 5.59. The largest absolute Gasteiger partial charge is 0.354 e. The molecule has 0 spiro atoms. The summed E-state index contributed by atoms with van der Waals surface area (Å²) in [6.07, 6.45) is 0. The Bertz CT molecular complexity index is 760. The van der Waals surface area contributed by atoms with Crippen LogP contribution in [0.15, 0.2) is 17.6 Å². The molecule has 1 aliphatic rings. The van der Waals surface area contributed by atoms with Crippen molar-refractivity contribution in [1.82, 2.24) is 20.1 Å². The summed E-state index contributed by atoms with van der Waals surface area (Å²) in [7, 11) is 0. The van der Waals surface area contributed by atoms with Gasteiger partial charge in [0.2, 0.25) is 11.0 Å². The molecule has 1 saturated heterocycles. The summed E-state index contributed by atoms with van der Waals surface area (Å²) in [5.41, 5.74) is 1.99. The molecular formula is C14H17N7O3S. The zero-order valence-electron chi connectivity index (χ0n) is 13.6. The van der Waals surface area contributed by atoms with Crippen LogP contribution in [-0.4, -0.2) is 63.6 Å². The van der Waals surface area contributed by atoms with Crippen molar-refractivity contribution in [3.63, 3.8) is 0 Å². The smallest absolute Gasteiger partial charge is 0.290 e. The third-order valence-corrected chi connectivity index (χ3v) is 4.52. The Kier molecular flexibility index (Phi) is 5.14. The average Bonchev–Trinajstić information content (AvgIpc) is 3.08. The third kappa shape index (κ3) is 4.25. The lowest BCUT2D eigenvalue weighted by molar-refractivity contribution is -0.385. The molecule has 132 valence electrons. The number of amides is 1. The van der Waals surface area contributed by atoms with E-state index < -0.39 is 4.92 Å². The lowest BCUT2D eigenvalue weighted by atomic mass is 10.2. The highest BCUT2D eigenvalue weighted by atomic mass is 32.1. The molecule has 0 unspecified atom stereocenters. The molecule has 25 heavy (non-hydrogen) atoms. The van der Waals surface area contributed by atoms with E-state index in [1.165, 1.54) is 17.4 Å². The monoisotopic (exact) mass is 363 g/mol. The number of pyridine rings is 1. The predicted octanol–water partition coefficient (Wildman–Crippen LogP) is 0.910. The van der Waals surface area contributed by atoms with Gasteiger partial charge in [0, 0.05) is 32.2 Å². The van der Waals surface area contributed by atoms with E-state index in [0.717, 1.165) is 5.82 Å². The molecule has 1 amide bonds. The van der Waals surface area contributed by atoms with Crippen LogP contribution >= 0.6 is 11.3 Å². The van der Waals surface area contributed by atoms with Crippen LogP contribution in [0.5, 0.6) is 0 Å². The SMILES string of the molecule is Cc1nc(N2CCN(CC(=O)Nc3nncs3)CC2)ccc1[N+](=O)[O-]. The van der Waals surface area contributed by atoms with Gasteiger partial charge in [-0.3, -0.25) is 25.1 Å². The van der Waals surface area contributed by atoms with Crippen molar-refractivity contribution in [1.29, 1.82) is 0 Å². The molecule has 1 fully saturated rings. The molecule has 11 heteroatoms. The Labute approximate surface area is 147 Å². The molecule has 2 aromatic rings. The molecule has 0 atom stereocenters. The van der Waals surface area contributed by atoms with E-state index in [0.29, 0.717) is 43.5 Å². The standard InChI is InChI=1S/C14H17N7O3S/c1-10-11(21(23)24)2-3-12(16-10)20-6-4-19(5-7-20)8-13(22)17-14-18-15-9-25-14/h2-3,9H,4-8H2,1H3,(H,17,18,22). The topological polar surface area (TPSA) is 117 Å². The van der Waals surface area contributed by atoms with Crippen LogP contribution in [0.4, 0.5) is 16.6 Å². The van der Waals surface area contributed by atoms with Crippen LogP contribution in [-0.2, 0) is 4.79 Å². The molecule has 10 nitrogen and oxygen atoms in total. The van der Waals surface area contributed by atoms with Gasteiger partial charge >= 0.3 is 0 Å². The second kappa shape index (κ2) is 7.49. The fourth-order valence-corrected chi connectivity index (χ4v) is 3.10. The first-order valence-corrected chi connectivity index (χ1v) is 8.56. The third-order valence-electron chi connectivity index (χ3n) is 3.91. The first kappa shape index (κ1) is 17.2. The minimum Gasteiger partial charge on any atom is -0.354 e. The minimum absolute atomic E-state index is 0.0238. The van der Waals surface area contributed by atoms with Gasteiger partial charge in [0.25, 0.3) is 5.69 Å². The molecular weight excluding hydrogens is 346 g/mol. The first-order valence-electron chi connectivity index (χ1n) is 7.68. The number of rotatable bonds is 5. The van der Waals surface area contributed by atoms with Crippen molar-refractivity contribution in [2.75, 3.05) is 42.9 Å². The van der Waals surface area contributed by atoms with Gasteiger partial charge in [-0.05, 0) is 13.0 Å². The Balaban J connectivity index is 1.52. The maximum absolute atomic E-state index is 12.0.